The van der Waals surface area contributed by atoms with Gasteiger partial charge in [0.05, 0.1) is 7.11 Å². The van der Waals surface area contributed by atoms with Gasteiger partial charge in [0.25, 0.3) is 0 Å². The van der Waals surface area contributed by atoms with Crippen LogP contribution in [0, 0.1) is 6.92 Å². The van der Waals surface area contributed by atoms with Gasteiger partial charge in [-0.15, -0.1) is 0 Å². The second kappa shape index (κ2) is 5.14. The van der Waals surface area contributed by atoms with E-state index in [-0.39, 0.29) is 6.61 Å². The van der Waals surface area contributed by atoms with E-state index in [9.17, 15) is 9.59 Å². The molecule has 0 N–H and O–H groups in total. The Bertz CT molecular complexity index is 371. The van der Waals surface area contributed by atoms with E-state index < -0.39 is 5.97 Å². The van der Waals surface area contributed by atoms with Crippen LogP contribution in [-0.2, 0) is 9.53 Å². The Morgan fingerprint density at radius 3 is 2.73 bits per heavy atom. The second-order valence-corrected chi connectivity index (χ2v) is 3.01. The molecule has 80 valence electrons. The van der Waals surface area contributed by atoms with E-state index in [1.807, 2.05) is 0 Å². The van der Waals surface area contributed by atoms with E-state index in [2.05, 4.69) is 4.74 Å². The predicted molar refractivity (Wildman–Crippen MR) is 54.1 cm³/mol. The highest BCUT2D eigenvalue weighted by Crippen LogP contribution is 2.18. The van der Waals surface area contributed by atoms with Gasteiger partial charge >= 0.3 is 5.97 Å². The zero-order chi connectivity index (χ0) is 11.3. The Morgan fingerprint density at radius 1 is 1.47 bits per heavy atom. The largest absolute Gasteiger partial charge is 0.482 e. The molecule has 0 spiro atoms. The number of hydrogen-bond acceptors (Lipinski definition) is 4. The zero-order valence-electron chi connectivity index (χ0n) is 8.65. The highest BCUT2D eigenvalue weighted by atomic mass is 16.6. The molecule has 0 amide bonds. The fourth-order valence-corrected chi connectivity index (χ4v) is 1.10. The van der Waals surface area contributed by atoms with Crippen molar-refractivity contribution in [2.45, 2.75) is 6.92 Å². The Hall–Kier alpha value is -1.84. The predicted octanol–water partition coefficient (Wildman–Crippen LogP) is 1.36. The van der Waals surface area contributed by atoms with Crippen LogP contribution in [0.5, 0.6) is 5.75 Å². The van der Waals surface area contributed by atoms with E-state index in [1.165, 1.54) is 7.11 Å². The molecule has 0 saturated heterocycles. The van der Waals surface area contributed by atoms with Gasteiger partial charge in [-0.05, 0) is 30.7 Å². The third-order valence-corrected chi connectivity index (χ3v) is 1.91. The molecule has 0 bridgehead atoms. The Labute approximate surface area is 87.8 Å². The molecule has 4 nitrogen and oxygen atoms in total. The summed E-state index contributed by atoms with van der Waals surface area (Å²) in [6.07, 6.45) is 0.761. The number of hydrogen-bond donors (Lipinski definition) is 0. The lowest BCUT2D eigenvalue weighted by atomic mass is 10.1. The third-order valence-electron chi connectivity index (χ3n) is 1.91. The fraction of sp³-hybridized carbons (Fsp3) is 0.273. The maximum Gasteiger partial charge on any atom is 0.343 e. The maximum absolute atomic E-state index is 10.8. The normalized spacial score (nSPS) is 9.47. The number of aryl methyl sites for hydroxylation is 1. The number of carbonyl (C=O) groups excluding carboxylic acids is 2. The minimum atomic E-state index is -0.436. The van der Waals surface area contributed by atoms with Crippen LogP contribution in [0.4, 0.5) is 0 Å². The topological polar surface area (TPSA) is 52.6 Å². The lowest BCUT2D eigenvalue weighted by Crippen LogP contribution is -2.13. The van der Waals surface area contributed by atoms with Crippen LogP contribution in [0.2, 0.25) is 0 Å². The molecular formula is C11H12O4. The van der Waals surface area contributed by atoms with Crippen molar-refractivity contribution >= 4 is 12.3 Å². The SMILES string of the molecule is COC(=O)COc1ccc(C=O)cc1C. The first-order valence-corrected chi connectivity index (χ1v) is 4.43. The second-order valence-electron chi connectivity index (χ2n) is 3.01. The van der Waals surface area contributed by atoms with E-state index >= 15 is 0 Å². The summed E-state index contributed by atoms with van der Waals surface area (Å²) in [7, 11) is 1.30. The molecule has 1 aromatic carbocycles. The molecule has 1 aromatic rings. The van der Waals surface area contributed by atoms with Crippen LogP contribution in [0.1, 0.15) is 15.9 Å². The van der Waals surface area contributed by atoms with Crippen LogP contribution in [0.3, 0.4) is 0 Å². The third kappa shape index (κ3) is 3.09. The number of ether oxygens (including phenoxy) is 2. The van der Waals surface area contributed by atoms with E-state index in [0.29, 0.717) is 11.3 Å². The Kier molecular flexibility index (Phi) is 3.85. The molecule has 0 unspecified atom stereocenters. The van der Waals surface area contributed by atoms with Gasteiger partial charge in [-0.25, -0.2) is 4.79 Å². The van der Waals surface area contributed by atoms with E-state index in [4.69, 9.17) is 4.74 Å². The van der Waals surface area contributed by atoms with Gasteiger partial charge < -0.3 is 9.47 Å². The molecule has 15 heavy (non-hydrogen) atoms. The minimum Gasteiger partial charge on any atom is -0.482 e. The zero-order valence-corrected chi connectivity index (χ0v) is 8.65. The first-order chi connectivity index (χ1) is 7.17. The van der Waals surface area contributed by atoms with E-state index in [1.54, 1.807) is 25.1 Å². The first kappa shape index (κ1) is 11.2. The molecule has 0 aliphatic carbocycles. The summed E-state index contributed by atoms with van der Waals surface area (Å²) in [6.45, 7) is 1.68. The van der Waals surface area contributed by atoms with Crippen molar-refractivity contribution in [3.05, 3.63) is 29.3 Å². The van der Waals surface area contributed by atoms with Crippen LogP contribution in [0.25, 0.3) is 0 Å². The molecule has 0 fully saturated rings. The highest BCUT2D eigenvalue weighted by Gasteiger charge is 2.04. The molecular weight excluding hydrogens is 196 g/mol. The summed E-state index contributed by atoms with van der Waals surface area (Å²) in [5.41, 5.74) is 1.39. The van der Waals surface area contributed by atoms with Crippen molar-refractivity contribution in [3.63, 3.8) is 0 Å². The summed E-state index contributed by atoms with van der Waals surface area (Å²) in [6, 6.07) is 4.98. The van der Waals surface area contributed by atoms with Gasteiger partial charge in [-0.3, -0.25) is 4.79 Å². The monoisotopic (exact) mass is 208 g/mol. The van der Waals surface area contributed by atoms with Crippen LogP contribution >= 0.6 is 0 Å². The number of methoxy groups -OCH3 is 1. The van der Waals surface area contributed by atoms with Crippen LogP contribution in [0.15, 0.2) is 18.2 Å². The summed E-state index contributed by atoms with van der Waals surface area (Å²) >= 11 is 0. The first-order valence-electron chi connectivity index (χ1n) is 4.43. The maximum atomic E-state index is 10.8. The van der Waals surface area contributed by atoms with Crippen LogP contribution in [-0.4, -0.2) is 26.0 Å². The van der Waals surface area contributed by atoms with Crippen LogP contribution < -0.4 is 4.74 Å². The molecule has 0 radical (unpaired) electrons. The molecule has 1 rings (SSSR count). The summed E-state index contributed by atoms with van der Waals surface area (Å²) in [4.78, 5) is 21.3. The van der Waals surface area contributed by atoms with Crippen molar-refractivity contribution in [2.24, 2.45) is 0 Å². The van der Waals surface area contributed by atoms with Gasteiger partial charge in [0.1, 0.15) is 12.0 Å². The Morgan fingerprint density at radius 2 is 2.20 bits per heavy atom. The number of aldehydes is 1. The summed E-state index contributed by atoms with van der Waals surface area (Å²) in [5.74, 6) is 0.139. The number of carbonyl (C=O) groups is 2. The number of benzene rings is 1. The summed E-state index contributed by atoms with van der Waals surface area (Å²) < 4.78 is 9.64. The van der Waals surface area contributed by atoms with Crippen molar-refractivity contribution in [3.8, 4) is 5.75 Å². The lowest BCUT2D eigenvalue weighted by molar-refractivity contribution is -0.142. The van der Waals surface area contributed by atoms with Gasteiger partial charge in [0.15, 0.2) is 6.61 Å². The van der Waals surface area contributed by atoms with Crippen molar-refractivity contribution in [1.82, 2.24) is 0 Å². The van der Waals surface area contributed by atoms with Crippen molar-refractivity contribution < 1.29 is 19.1 Å². The highest BCUT2D eigenvalue weighted by molar-refractivity contribution is 5.75. The smallest absolute Gasteiger partial charge is 0.343 e. The van der Waals surface area contributed by atoms with Gasteiger partial charge in [0, 0.05) is 5.56 Å². The molecule has 0 atom stereocenters. The molecule has 4 heteroatoms. The van der Waals surface area contributed by atoms with Crippen molar-refractivity contribution in [1.29, 1.82) is 0 Å². The Balaban J connectivity index is 2.70. The molecule has 0 aromatic heterocycles. The molecule has 0 saturated carbocycles. The average molecular weight is 208 g/mol. The average Bonchev–Trinajstić information content (AvgIpc) is 2.26. The molecule has 0 heterocycles. The summed E-state index contributed by atoms with van der Waals surface area (Å²) in [5, 5.41) is 0. The fourth-order valence-electron chi connectivity index (χ4n) is 1.10. The van der Waals surface area contributed by atoms with Gasteiger partial charge in [0.2, 0.25) is 0 Å². The molecule has 0 aliphatic rings. The van der Waals surface area contributed by atoms with E-state index in [0.717, 1.165) is 11.8 Å². The quantitative estimate of drug-likeness (QED) is 0.553. The minimum absolute atomic E-state index is 0.127. The van der Waals surface area contributed by atoms with Gasteiger partial charge in [-0.2, -0.15) is 0 Å². The standard InChI is InChI=1S/C11H12O4/c1-8-5-9(6-12)3-4-10(8)15-7-11(13)14-2/h3-6H,7H2,1-2H3. The van der Waals surface area contributed by atoms with Crippen molar-refractivity contribution in [2.75, 3.05) is 13.7 Å². The van der Waals surface area contributed by atoms with Gasteiger partial charge in [-0.1, -0.05) is 0 Å². The number of esters is 1. The number of rotatable bonds is 4. The lowest BCUT2D eigenvalue weighted by Gasteiger charge is -2.07. The molecule has 0 aliphatic heterocycles.